The van der Waals surface area contributed by atoms with Crippen LogP contribution >= 0.6 is 0 Å². The Bertz CT molecular complexity index is 1250. The van der Waals surface area contributed by atoms with Gasteiger partial charge in [0.1, 0.15) is 11.0 Å². The highest BCUT2D eigenvalue weighted by atomic mass is 16.7. The maximum Gasteiger partial charge on any atom is 0.348 e. The Morgan fingerprint density at radius 1 is 0.885 bits per heavy atom. The van der Waals surface area contributed by atoms with E-state index in [0.29, 0.717) is 34.0 Å². The molecule has 4 aromatic rings. The Hall–Kier alpha value is -3.41. The molecule has 0 atom stereocenters. The van der Waals surface area contributed by atoms with Gasteiger partial charge in [0.25, 0.3) is 0 Å². The van der Waals surface area contributed by atoms with Crippen LogP contribution in [0.5, 0.6) is 23.0 Å². The monoisotopic (exact) mass is 350 g/mol. The molecule has 5 rings (SSSR count). The van der Waals surface area contributed by atoms with Crippen molar-refractivity contribution in [2.24, 2.45) is 0 Å². The van der Waals surface area contributed by atoms with Gasteiger partial charge in [-0.25, -0.2) is 4.79 Å². The van der Waals surface area contributed by atoms with E-state index in [1.54, 1.807) is 6.07 Å². The molecule has 0 N–H and O–H groups in total. The number of rotatable bonds is 2. The fraction of sp³-hybridized carbons (Fsp3) is 0.150. The molecule has 0 aliphatic carbocycles. The summed E-state index contributed by atoms with van der Waals surface area (Å²) in [4.78, 5) is 12.8. The topological polar surface area (TPSA) is 67.1 Å². The van der Waals surface area contributed by atoms with Gasteiger partial charge in [0.15, 0.2) is 23.0 Å². The molecular formula is C20H14O6. The van der Waals surface area contributed by atoms with E-state index in [1.165, 1.54) is 14.2 Å². The smallest absolute Gasteiger partial charge is 0.348 e. The molecule has 1 aliphatic heterocycles. The molecule has 1 aromatic heterocycles. The van der Waals surface area contributed by atoms with Crippen LogP contribution in [-0.4, -0.2) is 21.0 Å². The molecule has 2 heterocycles. The van der Waals surface area contributed by atoms with Crippen molar-refractivity contribution < 1.29 is 23.4 Å². The van der Waals surface area contributed by atoms with Gasteiger partial charge in [-0.05, 0) is 35.7 Å². The molecule has 1 aliphatic rings. The highest BCUT2D eigenvalue weighted by Gasteiger charge is 2.20. The van der Waals surface area contributed by atoms with Crippen LogP contribution in [0.4, 0.5) is 0 Å². The summed E-state index contributed by atoms with van der Waals surface area (Å²) in [5.74, 6) is 2.17. The van der Waals surface area contributed by atoms with E-state index < -0.39 is 5.63 Å². The van der Waals surface area contributed by atoms with E-state index in [2.05, 4.69) is 0 Å². The minimum atomic E-state index is -0.478. The third kappa shape index (κ3) is 1.89. The summed E-state index contributed by atoms with van der Waals surface area (Å²) in [7, 11) is 3.03. The Morgan fingerprint density at radius 3 is 2.42 bits per heavy atom. The number of fused-ring (bicyclic) bond motifs is 6. The highest BCUT2D eigenvalue weighted by molar-refractivity contribution is 6.15. The zero-order chi connectivity index (χ0) is 17.8. The molecule has 0 saturated heterocycles. The van der Waals surface area contributed by atoms with Gasteiger partial charge in [-0.15, -0.1) is 0 Å². The van der Waals surface area contributed by atoms with Gasteiger partial charge < -0.3 is 23.4 Å². The first kappa shape index (κ1) is 14.9. The summed E-state index contributed by atoms with van der Waals surface area (Å²) < 4.78 is 27.3. The van der Waals surface area contributed by atoms with E-state index in [0.717, 1.165) is 21.5 Å². The average Bonchev–Trinajstić information content (AvgIpc) is 3.12. The molecule has 6 heteroatoms. The van der Waals surface area contributed by atoms with E-state index in [9.17, 15) is 4.79 Å². The second kappa shape index (κ2) is 5.29. The Kier molecular flexibility index (Phi) is 3.03. The number of methoxy groups -OCH3 is 2. The van der Waals surface area contributed by atoms with Gasteiger partial charge in [-0.3, -0.25) is 0 Å². The Morgan fingerprint density at radius 2 is 1.65 bits per heavy atom. The second-order valence-electron chi connectivity index (χ2n) is 5.98. The van der Waals surface area contributed by atoms with E-state index >= 15 is 0 Å². The molecule has 0 amide bonds. The fourth-order valence-electron chi connectivity index (χ4n) is 3.51. The van der Waals surface area contributed by atoms with Crippen molar-refractivity contribution >= 4 is 32.5 Å². The van der Waals surface area contributed by atoms with Crippen molar-refractivity contribution in [1.29, 1.82) is 0 Å². The largest absolute Gasteiger partial charge is 0.493 e. The lowest BCUT2D eigenvalue weighted by atomic mass is 10.0. The maximum absolute atomic E-state index is 12.8. The molecule has 0 unspecified atom stereocenters. The molecule has 0 saturated carbocycles. The standard InChI is InChI=1S/C20H14O6/c1-22-14-6-5-11-12-4-3-10-7-15-16(25-9-24-15)8-13(10)18(12)26-20(21)17(11)19(14)23-2/h3-8H,9H2,1-2H3. The van der Waals surface area contributed by atoms with Gasteiger partial charge >= 0.3 is 5.63 Å². The zero-order valence-corrected chi connectivity index (χ0v) is 14.1. The second-order valence-corrected chi connectivity index (χ2v) is 5.98. The van der Waals surface area contributed by atoms with Crippen molar-refractivity contribution in [3.63, 3.8) is 0 Å². The van der Waals surface area contributed by atoms with Gasteiger partial charge in [0, 0.05) is 16.2 Å². The van der Waals surface area contributed by atoms with Gasteiger partial charge in [-0.2, -0.15) is 0 Å². The third-order valence-electron chi connectivity index (χ3n) is 4.70. The maximum atomic E-state index is 12.8. The number of hydrogen-bond donors (Lipinski definition) is 0. The van der Waals surface area contributed by atoms with E-state index in [1.807, 2.05) is 30.3 Å². The van der Waals surface area contributed by atoms with Crippen molar-refractivity contribution in [1.82, 2.24) is 0 Å². The summed E-state index contributed by atoms with van der Waals surface area (Å²) in [6.45, 7) is 0.188. The lowest BCUT2D eigenvalue weighted by Gasteiger charge is -2.12. The van der Waals surface area contributed by atoms with Gasteiger partial charge in [-0.1, -0.05) is 6.07 Å². The van der Waals surface area contributed by atoms with Gasteiger partial charge in [0.2, 0.25) is 6.79 Å². The van der Waals surface area contributed by atoms with Crippen molar-refractivity contribution in [2.45, 2.75) is 0 Å². The minimum absolute atomic E-state index is 0.188. The van der Waals surface area contributed by atoms with E-state index in [4.69, 9.17) is 23.4 Å². The van der Waals surface area contributed by atoms with Gasteiger partial charge in [0.05, 0.1) is 14.2 Å². The average molecular weight is 350 g/mol. The molecular weight excluding hydrogens is 336 g/mol. The number of hydrogen-bond acceptors (Lipinski definition) is 6. The van der Waals surface area contributed by atoms with E-state index in [-0.39, 0.29) is 6.79 Å². The lowest BCUT2D eigenvalue weighted by molar-refractivity contribution is 0.174. The highest BCUT2D eigenvalue weighted by Crippen LogP contribution is 2.41. The predicted octanol–water partition coefficient (Wildman–Crippen LogP) is 3.85. The van der Waals surface area contributed by atoms with Crippen LogP contribution in [0.25, 0.3) is 32.5 Å². The first-order valence-electron chi connectivity index (χ1n) is 8.05. The SMILES string of the molecule is COc1ccc2c(c1OC)c(=O)oc1c3cc4c(cc3ccc21)OCO4. The third-order valence-corrected chi connectivity index (χ3v) is 4.70. The van der Waals surface area contributed by atoms with Crippen LogP contribution in [-0.2, 0) is 0 Å². The summed E-state index contributed by atoms with van der Waals surface area (Å²) in [6.07, 6.45) is 0. The summed E-state index contributed by atoms with van der Waals surface area (Å²) in [5.41, 5.74) is 0.0268. The van der Waals surface area contributed by atoms with Crippen molar-refractivity contribution in [3.8, 4) is 23.0 Å². The van der Waals surface area contributed by atoms with Crippen molar-refractivity contribution in [3.05, 3.63) is 46.8 Å². The summed E-state index contributed by atoms with van der Waals surface area (Å²) in [5, 5.41) is 3.62. The first-order valence-corrected chi connectivity index (χ1v) is 8.05. The van der Waals surface area contributed by atoms with Crippen LogP contribution in [0.3, 0.4) is 0 Å². The molecule has 26 heavy (non-hydrogen) atoms. The number of benzene rings is 3. The summed E-state index contributed by atoms with van der Waals surface area (Å²) in [6, 6.07) is 11.2. The molecule has 130 valence electrons. The first-order chi connectivity index (χ1) is 12.7. The van der Waals surface area contributed by atoms with Crippen LogP contribution in [0.15, 0.2) is 45.6 Å². The van der Waals surface area contributed by atoms with Crippen LogP contribution in [0, 0.1) is 0 Å². The Labute approximate surface area is 147 Å². The normalized spacial score (nSPS) is 12.8. The molecule has 0 radical (unpaired) electrons. The predicted molar refractivity (Wildman–Crippen MR) is 96.7 cm³/mol. The fourth-order valence-corrected chi connectivity index (χ4v) is 3.51. The zero-order valence-electron chi connectivity index (χ0n) is 14.1. The van der Waals surface area contributed by atoms with Crippen LogP contribution in [0.1, 0.15) is 0 Å². The quantitative estimate of drug-likeness (QED) is 0.404. The molecule has 0 fully saturated rings. The van der Waals surface area contributed by atoms with Crippen LogP contribution in [0.2, 0.25) is 0 Å². The molecule has 0 bridgehead atoms. The molecule has 6 nitrogen and oxygen atoms in total. The minimum Gasteiger partial charge on any atom is -0.493 e. The van der Waals surface area contributed by atoms with Crippen molar-refractivity contribution in [2.75, 3.05) is 21.0 Å². The number of ether oxygens (including phenoxy) is 4. The molecule has 0 spiro atoms. The lowest BCUT2D eigenvalue weighted by Crippen LogP contribution is -2.04. The Balaban J connectivity index is 1.96. The molecule has 3 aromatic carbocycles. The summed E-state index contributed by atoms with van der Waals surface area (Å²) >= 11 is 0. The van der Waals surface area contributed by atoms with Crippen LogP contribution < -0.4 is 24.6 Å².